The number of carbonyl (C=O) groups is 1. The van der Waals surface area contributed by atoms with E-state index in [9.17, 15) is 9.18 Å². The molecule has 0 atom stereocenters. The number of halogens is 1. The Morgan fingerprint density at radius 2 is 2.27 bits per heavy atom. The molecule has 0 aliphatic rings. The van der Waals surface area contributed by atoms with Gasteiger partial charge in [0.2, 0.25) is 0 Å². The lowest BCUT2D eigenvalue weighted by Crippen LogP contribution is -2.07. The van der Waals surface area contributed by atoms with Crippen molar-refractivity contribution in [1.29, 1.82) is 0 Å². The standard InChI is InChI=1S/C11H13FO3/c1-8-7-9(3-4-10(8)12)11(14)15-6-2-5-13/h3-4,7,13H,2,5-6H2,1H3. The molecule has 0 amide bonds. The molecule has 0 radical (unpaired) electrons. The SMILES string of the molecule is Cc1cc(C(=O)OCCCO)ccc1F. The highest BCUT2D eigenvalue weighted by molar-refractivity contribution is 5.89. The van der Waals surface area contributed by atoms with Crippen LogP contribution in [0, 0.1) is 12.7 Å². The van der Waals surface area contributed by atoms with Crippen LogP contribution in [0.5, 0.6) is 0 Å². The van der Waals surface area contributed by atoms with Gasteiger partial charge in [-0.2, -0.15) is 0 Å². The van der Waals surface area contributed by atoms with Gasteiger partial charge in [-0.25, -0.2) is 9.18 Å². The normalized spacial score (nSPS) is 10.1. The molecule has 0 spiro atoms. The molecule has 0 bridgehead atoms. The van der Waals surface area contributed by atoms with Crippen molar-refractivity contribution in [3.63, 3.8) is 0 Å². The molecule has 0 aliphatic heterocycles. The predicted octanol–water partition coefficient (Wildman–Crippen LogP) is 1.67. The maximum Gasteiger partial charge on any atom is 0.338 e. The summed E-state index contributed by atoms with van der Waals surface area (Å²) in [5.41, 5.74) is 0.735. The van der Waals surface area contributed by atoms with Crippen LogP contribution in [0.4, 0.5) is 4.39 Å². The van der Waals surface area contributed by atoms with E-state index >= 15 is 0 Å². The van der Waals surface area contributed by atoms with Crippen molar-refractivity contribution in [1.82, 2.24) is 0 Å². The highest BCUT2D eigenvalue weighted by atomic mass is 19.1. The molecular weight excluding hydrogens is 199 g/mol. The number of ether oxygens (including phenoxy) is 1. The zero-order chi connectivity index (χ0) is 11.3. The van der Waals surface area contributed by atoms with Crippen LogP contribution in [0.2, 0.25) is 0 Å². The fraction of sp³-hybridized carbons (Fsp3) is 0.364. The van der Waals surface area contributed by atoms with Gasteiger partial charge in [0.15, 0.2) is 0 Å². The minimum absolute atomic E-state index is 0.0181. The van der Waals surface area contributed by atoms with Crippen molar-refractivity contribution in [2.75, 3.05) is 13.2 Å². The van der Waals surface area contributed by atoms with E-state index in [1.165, 1.54) is 18.2 Å². The summed E-state index contributed by atoms with van der Waals surface area (Å²) in [6.07, 6.45) is 0.409. The first kappa shape index (κ1) is 11.7. The van der Waals surface area contributed by atoms with Crippen LogP contribution in [0.25, 0.3) is 0 Å². The number of hydrogen-bond donors (Lipinski definition) is 1. The fourth-order valence-corrected chi connectivity index (χ4v) is 1.08. The maximum atomic E-state index is 12.9. The second kappa shape index (κ2) is 5.46. The fourth-order valence-electron chi connectivity index (χ4n) is 1.08. The summed E-state index contributed by atoms with van der Waals surface area (Å²) >= 11 is 0. The Kier molecular flexibility index (Phi) is 4.24. The Hall–Kier alpha value is -1.42. The molecule has 0 saturated carbocycles. The van der Waals surface area contributed by atoms with Crippen LogP contribution < -0.4 is 0 Å². The summed E-state index contributed by atoms with van der Waals surface area (Å²) in [5.74, 6) is -0.839. The van der Waals surface area contributed by atoms with Crippen molar-refractivity contribution >= 4 is 5.97 Å². The number of esters is 1. The summed E-state index contributed by atoms with van der Waals surface area (Å²) in [4.78, 5) is 11.4. The number of carbonyl (C=O) groups excluding carboxylic acids is 1. The molecule has 0 saturated heterocycles. The summed E-state index contributed by atoms with van der Waals surface area (Å²) in [5, 5.41) is 8.49. The first-order valence-corrected chi connectivity index (χ1v) is 4.69. The Balaban J connectivity index is 2.62. The number of rotatable bonds is 4. The Morgan fingerprint density at radius 1 is 1.53 bits per heavy atom. The third-order valence-electron chi connectivity index (χ3n) is 1.93. The highest BCUT2D eigenvalue weighted by Crippen LogP contribution is 2.10. The van der Waals surface area contributed by atoms with Crippen LogP contribution in [-0.4, -0.2) is 24.3 Å². The number of hydrogen-bond acceptors (Lipinski definition) is 3. The lowest BCUT2D eigenvalue weighted by atomic mass is 10.1. The van der Waals surface area contributed by atoms with Crippen LogP contribution >= 0.6 is 0 Å². The van der Waals surface area contributed by atoms with Crippen molar-refractivity contribution in [3.8, 4) is 0 Å². The summed E-state index contributed by atoms with van der Waals surface area (Å²) in [6.45, 7) is 1.74. The van der Waals surface area contributed by atoms with E-state index in [0.29, 0.717) is 17.5 Å². The van der Waals surface area contributed by atoms with Gasteiger partial charge in [-0.1, -0.05) is 0 Å². The van der Waals surface area contributed by atoms with E-state index in [0.717, 1.165) is 0 Å². The number of aliphatic hydroxyl groups is 1. The van der Waals surface area contributed by atoms with Gasteiger partial charge < -0.3 is 9.84 Å². The smallest absolute Gasteiger partial charge is 0.338 e. The van der Waals surface area contributed by atoms with Crippen molar-refractivity contribution in [3.05, 3.63) is 35.1 Å². The van der Waals surface area contributed by atoms with Crippen LogP contribution in [0.3, 0.4) is 0 Å². The van der Waals surface area contributed by atoms with Gasteiger partial charge in [0, 0.05) is 13.0 Å². The van der Waals surface area contributed by atoms with Gasteiger partial charge in [-0.05, 0) is 30.7 Å². The lowest BCUT2D eigenvalue weighted by Gasteiger charge is -2.04. The number of aliphatic hydroxyl groups excluding tert-OH is 1. The van der Waals surface area contributed by atoms with Crippen molar-refractivity contribution in [2.24, 2.45) is 0 Å². The molecule has 0 fully saturated rings. The van der Waals surface area contributed by atoms with Crippen molar-refractivity contribution in [2.45, 2.75) is 13.3 Å². The van der Waals surface area contributed by atoms with Crippen LogP contribution in [-0.2, 0) is 4.74 Å². The van der Waals surface area contributed by atoms with E-state index in [-0.39, 0.29) is 19.0 Å². The minimum atomic E-state index is -0.494. The average Bonchev–Trinajstić information content (AvgIpc) is 2.22. The lowest BCUT2D eigenvalue weighted by molar-refractivity contribution is 0.0482. The summed E-state index contributed by atoms with van der Waals surface area (Å²) in [6, 6.07) is 4.05. The third-order valence-corrected chi connectivity index (χ3v) is 1.93. The second-order valence-corrected chi connectivity index (χ2v) is 3.18. The zero-order valence-electron chi connectivity index (χ0n) is 8.50. The topological polar surface area (TPSA) is 46.5 Å². The van der Waals surface area contributed by atoms with Gasteiger partial charge >= 0.3 is 5.97 Å². The molecule has 0 aromatic heterocycles. The maximum absolute atomic E-state index is 12.9. The van der Waals surface area contributed by atoms with E-state index in [2.05, 4.69) is 0 Å². The molecule has 3 nitrogen and oxygen atoms in total. The number of aryl methyl sites for hydroxylation is 1. The summed E-state index contributed by atoms with van der Waals surface area (Å²) < 4.78 is 17.7. The monoisotopic (exact) mass is 212 g/mol. The Morgan fingerprint density at radius 3 is 2.87 bits per heavy atom. The average molecular weight is 212 g/mol. The number of benzene rings is 1. The van der Waals surface area contributed by atoms with E-state index in [1.54, 1.807) is 6.92 Å². The van der Waals surface area contributed by atoms with Gasteiger partial charge in [-0.15, -0.1) is 0 Å². The van der Waals surface area contributed by atoms with Gasteiger partial charge in [0.25, 0.3) is 0 Å². The van der Waals surface area contributed by atoms with Gasteiger partial charge in [-0.3, -0.25) is 0 Å². The first-order valence-electron chi connectivity index (χ1n) is 4.69. The third kappa shape index (κ3) is 3.32. The van der Waals surface area contributed by atoms with Gasteiger partial charge in [0.1, 0.15) is 5.82 Å². The summed E-state index contributed by atoms with van der Waals surface area (Å²) in [7, 11) is 0. The quantitative estimate of drug-likeness (QED) is 0.610. The molecule has 0 unspecified atom stereocenters. The molecule has 15 heavy (non-hydrogen) atoms. The van der Waals surface area contributed by atoms with E-state index in [1.807, 2.05) is 0 Å². The van der Waals surface area contributed by atoms with Crippen molar-refractivity contribution < 1.29 is 19.0 Å². The molecule has 1 aromatic carbocycles. The largest absolute Gasteiger partial charge is 0.462 e. The molecule has 1 rings (SSSR count). The van der Waals surface area contributed by atoms with E-state index < -0.39 is 5.97 Å². The molecule has 82 valence electrons. The molecule has 0 aliphatic carbocycles. The molecule has 1 N–H and O–H groups in total. The minimum Gasteiger partial charge on any atom is -0.462 e. The molecular formula is C11H13FO3. The molecule has 0 heterocycles. The molecule has 4 heteroatoms. The highest BCUT2D eigenvalue weighted by Gasteiger charge is 2.08. The Bertz CT molecular complexity index is 350. The zero-order valence-corrected chi connectivity index (χ0v) is 8.50. The van der Waals surface area contributed by atoms with Gasteiger partial charge in [0.05, 0.1) is 12.2 Å². The predicted molar refractivity (Wildman–Crippen MR) is 53.1 cm³/mol. The van der Waals surface area contributed by atoms with Crippen LogP contribution in [0.15, 0.2) is 18.2 Å². The Labute approximate surface area is 87.5 Å². The van der Waals surface area contributed by atoms with E-state index in [4.69, 9.17) is 9.84 Å². The molecule has 1 aromatic rings. The van der Waals surface area contributed by atoms with Crippen LogP contribution in [0.1, 0.15) is 22.3 Å². The second-order valence-electron chi connectivity index (χ2n) is 3.18. The first-order chi connectivity index (χ1) is 7.15.